The van der Waals surface area contributed by atoms with Crippen molar-refractivity contribution < 1.29 is 9.18 Å². The number of hydrogen-bond donors (Lipinski definition) is 1. The molecule has 0 saturated carbocycles. The molecule has 16 heavy (non-hydrogen) atoms. The normalized spacial score (nSPS) is 12.2. The van der Waals surface area contributed by atoms with Crippen molar-refractivity contribution in [1.82, 2.24) is 5.32 Å². The first kappa shape index (κ1) is 13.2. The van der Waals surface area contributed by atoms with Crippen LogP contribution in [0.5, 0.6) is 0 Å². The van der Waals surface area contributed by atoms with Crippen LogP contribution in [0, 0.1) is 5.82 Å². The summed E-state index contributed by atoms with van der Waals surface area (Å²) in [4.78, 5) is 11.2. The van der Waals surface area contributed by atoms with Crippen LogP contribution in [0.1, 0.15) is 18.9 Å². The maximum atomic E-state index is 13.3. The summed E-state index contributed by atoms with van der Waals surface area (Å²) in [6, 6.07) is 6.50. The van der Waals surface area contributed by atoms with Crippen molar-refractivity contribution in [2.24, 2.45) is 0 Å². The summed E-state index contributed by atoms with van der Waals surface area (Å²) in [6.07, 6.45) is 1.26. The largest absolute Gasteiger partial charge is 0.355 e. The maximum absolute atomic E-state index is 13.3. The number of benzene rings is 1. The summed E-state index contributed by atoms with van der Waals surface area (Å²) in [5, 5.41) is 2.76. The van der Waals surface area contributed by atoms with Gasteiger partial charge in [-0.1, -0.05) is 41.1 Å². The summed E-state index contributed by atoms with van der Waals surface area (Å²) in [6.45, 7) is 2.64. The predicted octanol–water partition coefficient (Wildman–Crippen LogP) is 2.66. The maximum Gasteiger partial charge on any atom is 0.234 e. The molecule has 1 unspecified atom stereocenters. The van der Waals surface area contributed by atoms with Crippen molar-refractivity contribution in [2.75, 3.05) is 6.54 Å². The minimum Gasteiger partial charge on any atom is -0.355 e. The van der Waals surface area contributed by atoms with Crippen molar-refractivity contribution in [2.45, 2.75) is 24.6 Å². The van der Waals surface area contributed by atoms with Crippen LogP contribution < -0.4 is 5.32 Å². The third kappa shape index (κ3) is 3.93. The Bertz CT molecular complexity index is 357. The second kappa shape index (κ2) is 6.63. The molecule has 1 aromatic carbocycles. The van der Waals surface area contributed by atoms with Gasteiger partial charge in [0.1, 0.15) is 5.82 Å². The SMILES string of the molecule is CCCNC(=O)C(Br)Cc1ccccc1F. The van der Waals surface area contributed by atoms with E-state index in [0.29, 0.717) is 18.5 Å². The first-order valence-electron chi connectivity index (χ1n) is 5.30. The molecule has 0 spiro atoms. The third-order valence-electron chi connectivity index (χ3n) is 2.19. The van der Waals surface area contributed by atoms with Gasteiger partial charge in [0, 0.05) is 6.54 Å². The monoisotopic (exact) mass is 287 g/mol. The fraction of sp³-hybridized carbons (Fsp3) is 0.417. The molecule has 1 amide bonds. The van der Waals surface area contributed by atoms with E-state index in [1.165, 1.54) is 6.07 Å². The Hall–Kier alpha value is -0.900. The average molecular weight is 288 g/mol. The van der Waals surface area contributed by atoms with Crippen LogP contribution in [0.15, 0.2) is 24.3 Å². The molecule has 1 aromatic rings. The van der Waals surface area contributed by atoms with Crippen molar-refractivity contribution in [1.29, 1.82) is 0 Å². The summed E-state index contributed by atoms with van der Waals surface area (Å²) < 4.78 is 13.3. The Kier molecular flexibility index (Phi) is 5.46. The van der Waals surface area contributed by atoms with Crippen LogP contribution in [-0.4, -0.2) is 17.3 Å². The third-order valence-corrected chi connectivity index (χ3v) is 2.93. The molecule has 0 aliphatic heterocycles. The standard InChI is InChI=1S/C12H15BrFNO/c1-2-7-15-12(16)10(13)8-9-5-3-4-6-11(9)14/h3-6,10H,2,7-8H2,1H3,(H,15,16). The Morgan fingerprint density at radius 1 is 1.50 bits per heavy atom. The van der Waals surface area contributed by atoms with E-state index in [1.54, 1.807) is 18.2 Å². The van der Waals surface area contributed by atoms with E-state index in [4.69, 9.17) is 0 Å². The zero-order valence-electron chi connectivity index (χ0n) is 9.17. The van der Waals surface area contributed by atoms with Gasteiger partial charge in [-0.2, -0.15) is 0 Å². The van der Waals surface area contributed by atoms with Gasteiger partial charge >= 0.3 is 0 Å². The van der Waals surface area contributed by atoms with Crippen LogP contribution >= 0.6 is 15.9 Å². The first-order valence-corrected chi connectivity index (χ1v) is 6.22. The zero-order chi connectivity index (χ0) is 12.0. The Labute approximate surface area is 103 Å². The topological polar surface area (TPSA) is 29.1 Å². The summed E-state index contributed by atoms with van der Waals surface area (Å²) in [7, 11) is 0. The molecule has 0 aliphatic rings. The van der Waals surface area contributed by atoms with Gasteiger partial charge in [-0.3, -0.25) is 4.79 Å². The molecule has 0 bridgehead atoms. The number of hydrogen-bond acceptors (Lipinski definition) is 1. The molecule has 2 nitrogen and oxygen atoms in total. The second-order valence-electron chi connectivity index (χ2n) is 3.55. The van der Waals surface area contributed by atoms with Gasteiger partial charge in [0.25, 0.3) is 0 Å². The number of carbonyl (C=O) groups is 1. The van der Waals surface area contributed by atoms with Crippen LogP contribution in [0.25, 0.3) is 0 Å². The average Bonchev–Trinajstić information content (AvgIpc) is 2.28. The minimum atomic E-state index is -0.379. The van der Waals surface area contributed by atoms with E-state index in [2.05, 4.69) is 21.2 Å². The Morgan fingerprint density at radius 3 is 2.81 bits per heavy atom. The first-order chi connectivity index (χ1) is 7.65. The fourth-order valence-corrected chi connectivity index (χ4v) is 1.82. The summed E-state index contributed by atoms with van der Waals surface area (Å²) >= 11 is 3.27. The van der Waals surface area contributed by atoms with Crippen LogP contribution in [0.3, 0.4) is 0 Å². The molecule has 0 radical (unpaired) electrons. The zero-order valence-corrected chi connectivity index (χ0v) is 10.8. The lowest BCUT2D eigenvalue weighted by molar-refractivity contribution is -0.120. The second-order valence-corrected chi connectivity index (χ2v) is 4.66. The van der Waals surface area contributed by atoms with E-state index >= 15 is 0 Å². The Balaban J connectivity index is 2.54. The minimum absolute atomic E-state index is 0.0925. The lowest BCUT2D eigenvalue weighted by Gasteiger charge is -2.10. The molecule has 1 rings (SSSR count). The molecule has 4 heteroatoms. The number of carbonyl (C=O) groups excluding carboxylic acids is 1. The van der Waals surface area contributed by atoms with E-state index in [-0.39, 0.29) is 16.6 Å². The van der Waals surface area contributed by atoms with Crippen LogP contribution in [0.4, 0.5) is 4.39 Å². The molecular formula is C12H15BrFNO. The number of amides is 1. The lowest BCUT2D eigenvalue weighted by atomic mass is 10.1. The molecule has 0 saturated heterocycles. The lowest BCUT2D eigenvalue weighted by Crippen LogP contribution is -2.32. The molecule has 0 heterocycles. The van der Waals surface area contributed by atoms with Crippen LogP contribution in [0.2, 0.25) is 0 Å². The molecule has 1 atom stereocenters. The quantitative estimate of drug-likeness (QED) is 0.829. The summed E-state index contributed by atoms with van der Waals surface area (Å²) in [5.74, 6) is -0.361. The smallest absolute Gasteiger partial charge is 0.234 e. The number of rotatable bonds is 5. The van der Waals surface area contributed by atoms with E-state index in [1.807, 2.05) is 6.92 Å². The molecule has 88 valence electrons. The highest BCUT2D eigenvalue weighted by Gasteiger charge is 2.16. The number of nitrogens with one attached hydrogen (secondary N) is 1. The van der Waals surface area contributed by atoms with Crippen molar-refractivity contribution >= 4 is 21.8 Å². The van der Waals surface area contributed by atoms with Gasteiger partial charge < -0.3 is 5.32 Å². The number of halogens is 2. The fourth-order valence-electron chi connectivity index (χ4n) is 1.31. The molecule has 0 fully saturated rings. The summed E-state index contributed by atoms with van der Waals surface area (Å²) in [5.41, 5.74) is 0.552. The van der Waals surface area contributed by atoms with E-state index < -0.39 is 0 Å². The molecule has 0 aromatic heterocycles. The molecule has 0 aliphatic carbocycles. The van der Waals surface area contributed by atoms with Gasteiger partial charge in [-0.25, -0.2) is 4.39 Å². The number of alkyl halides is 1. The van der Waals surface area contributed by atoms with Gasteiger partial charge in [0.05, 0.1) is 4.83 Å². The highest BCUT2D eigenvalue weighted by atomic mass is 79.9. The Morgan fingerprint density at radius 2 is 2.19 bits per heavy atom. The van der Waals surface area contributed by atoms with E-state index in [9.17, 15) is 9.18 Å². The van der Waals surface area contributed by atoms with Crippen molar-refractivity contribution in [3.05, 3.63) is 35.6 Å². The predicted molar refractivity (Wildman–Crippen MR) is 66.1 cm³/mol. The van der Waals surface area contributed by atoms with Crippen molar-refractivity contribution in [3.8, 4) is 0 Å². The highest BCUT2D eigenvalue weighted by molar-refractivity contribution is 9.10. The van der Waals surface area contributed by atoms with Gasteiger partial charge in [0.15, 0.2) is 0 Å². The highest BCUT2D eigenvalue weighted by Crippen LogP contribution is 2.13. The van der Waals surface area contributed by atoms with Gasteiger partial charge in [-0.15, -0.1) is 0 Å². The van der Waals surface area contributed by atoms with Crippen molar-refractivity contribution in [3.63, 3.8) is 0 Å². The van der Waals surface area contributed by atoms with Gasteiger partial charge in [0.2, 0.25) is 5.91 Å². The van der Waals surface area contributed by atoms with Gasteiger partial charge in [-0.05, 0) is 24.5 Å². The molecule has 1 N–H and O–H groups in total. The van der Waals surface area contributed by atoms with Crippen LogP contribution in [-0.2, 0) is 11.2 Å². The molecular weight excluding hydrogens is 273 g/mol. The van der Waals surface area contributed by atoms with E-state index in [0.717, 1.165) is 6.42 Å².